The van der Waals surface area contributed by atoms with Crippen molar-refractivity contribution in [3.8, 4) is 0 Å². The van der Waals surface area contributed by atoms with Gasteiger partial charge in [-0.2, -0.15) is 0 Å². The third kappa shape index (κ3) is 5.34. The van der Waals surface area contributed by atoms with E-state index >= 15 is 0 Å². The van der Waals surface area contributed by atoms with Crippen molar-refractivity contribution in [3.63, 3.8) is 0 Å². The highest BCUT2D eigenvalue weighted by Gasteiger charge is 2.22. The largest absolute Gasteiger partial charge is 0.383 e. The lowest BCUT2D eigenvalue weighted by Crippen LogP contribution is -2.50. The average molecular weight is 243 g/mol. The number of piperidine rings is 1. The minimum atomic E-state index is 0.447. The number of methoxy groups -OCH3 is 1. The van der Waals surface area contributed by atoms with Crippen LogP contribution in [0, 0.1) is 0 Å². The Hall–Kier alpha value is -0.160. The molecule has 0 bridgehead atoms. The van der Waals surface area contributed by atoms with Crippen molar-refractivity contribution in [2.45, 2.75) is 31.8 Å². The molecular formula is C13H29N3O. The van der Waals surface area contributed by atoms with Crippen LogP contribution in [0.2, 0.25) is 0 Å². The van der Waals surface area contributed by atoms with Gasteiger partial charge in [-0.05, 0) is 40.0 Å². The van der Waals surface area contributed by atoms with Crippen molar-refractivity contribution >= 4 is 0 Å². The van der Waals surface area contributed by atoms with Gasteiger partial charge < -0.3 is 19.9 Å². The van der Waals surface area contributed by atoms with E-state index in [9.17, 15) is 0 Å². The van der Waals surface area contributed by atoms with Crippen LogP contribution in [0.5, 0.6) is 0 Å². The summed E-state index contributed by atoms with van der Waals surface area (Å²) in [6.45, 7) is 7.46. The fraction of sp³-hybridized carbons (Fsp3) is 1.00. The first-order chi connectivity index (χ1) is 8.17. The Morgan fingerprint density at radius 2 is 2.29 bits per heavy atom. The highest BCUT2D eigenvalue weighted by atomic mass is 16.5. The molecule has 1 fully saturated rings. The van der Waals surface area contributed by atoms with E-state index in [0.717, 1.165) is 19.7 Å². The minimum absolute atomic E-state index is 0.447. The molecule has 4 heteroatoms. The van der Waals surface area contributed by atoms with E-state index in [1.54, 1.807) is 7.11 Å². The van der Waals surface area contributed by atoms with Crippen LogP contribution in [0.1, 0.15) is 19.8 Å². The topological polar surface area (TPSA) is 27.7 Å². The normalized spacial score (nSPS) is 24.2. The second-order valence-electron chi connectivity index (χ2n) is 5.21. The molecule has 0 saturated carbocycles. The van der Waals surface area contributed by atoms with E-state index in [-0.39, 0.29) is 0 Å². The molecule has 1 N–H and O–H groups in total. The van der Waals surface area contributed by atoms with Gasteiger partial charge in [-0.15, -0.1) is 0 Å². The molecule has 1 aliphatic rings. The van der Waals surface area contributed by atoms with Crippen LogP contribution in [0.15, 0.2) is 0 Å². The van der Waals surface area contributed by atoms with Crippen LogP contribution >= 0.6 is 0 Å². The van der Waals surface area contributed by atoms with Gasteiger partial charge in [-0.25, -0.2) is 0 Å². The Labute approximate surface area is 106 Å². The van der Waals surface area contributed by atoms with Crippen LogP contribution in [-0.2, 0) is 4.74 Å². The summed E-state index contributed by atoms with van der Waals surface area (Å²) in [6.07, 6.45) is 2.65. The van der Waals surface area contributed by atoms with Crippen LogP contribution in [-0.4, -0.2) is 75.9 Å². The van der Waals surface area contributed by atoms with Gasteiger partial charge in [0.15, 0.2) is 0 Å². The van der Waals surface area contributed by atoms with Gasteiger partial charge >= 0.3 is 0 Å². The predicted octanol–water partition coefficient (Wildman–Crippen LogP) is 0.637. The highest BCUT2D eigenvalue weighted by molar-refractivity contribution is 4.80. The summed E-state index contributed by atoms with van der Waals surface area (Å²) in [5, 5.41) is 3.48. The molecule has 1 saturated heterocycles. The molecule has 2 atom stereocenters. The van der Waals surface area contributed by atoms with E-state index in [4.69, 9.17) is 4.74 Å². The molecule has 1 rings (SSSR count). The maximum absolute atomic E-state index is 5.27. The first kappa shape index (κ1) is 14.9. The maximum Gasteiger partial charge on any atom is 0.0628 e. The van der Waals surface area contributed by atoms with Crippen molar-refractivity contribution in [1.82, 2.24) is 15.1 Å². The molecule has 1 aliphatic heterocycles. The number of ether oxygens (including phenoxy) is 1. The summed E-state index contributed by atoms with van der Waals surface area (Å²) >= 11 is 0. The summed E-state index contributed by atoms with van der Waals surface area (Å²) < 4.78 is 5.27. The summed E-state index contributed by atoms with van der Waals surface area (Å²) in [5.41, 5.74) is 0. The first-order valence-corrected chi connectivity index (χ1v) is 6.78. The molecule has 102 valence electrons. The molecule has 0 aliphatic carbocycles. The molecule has 0 amide bonds. The summed E-state index contributed by atoms with van der Waals surface area (Å²) in [5.74, 6) is 0. The van der Waals surface area contributed by atoms with Crippen molar-refractivity contribution in [1.29, 1.82) is 0 Å². The molecule has 17 heavy (non-hydrogen) atoms. The van der Waals surface area contributed by atoms with Crippen molar-refractivity contribution in [3.05, 3.63) is 0 Å². The zero-order chi connectivity index (χ0) is 12.7. The quantitative estimate of drug-likeness (QED) is 0.710. The Kier molecular flexibility index (Phi) is 7.04. The van der Waals surface area contributed by atoms with Crippen molar-refractivity contribution in [2.24, 2.45) is 0 Å². The van der Waals surface area contributed by atoms with Crippen molar-refractivity contribution < 1.29 is 4.74 Å². The fourth-order valence-corrected chi connectivity index (χ4v) is 2.66. The molecule has 1 heterocycles. The zero-order valence-electron chi connectivity index (χ0n) is 11.9. The molecular weight excluding hydrogens is 214 g/mol. The second kappa shape index (κ2) is 8.03. The summed E-state index contributed by atoms with van der Waals surface area (Å²) in [6, 6.07) is 1.15. The molecule has 0 aromatic carbocycles. The lowest BCUT2D eigenvalue weighted by Gasteiger charge is -2.37. The standard InChI is InChI=1S/C13H29N3O/c1-5-14-12(11-17-4)9-16(3)13-7-6-8-15(2)10-13/h12-14H,5-11H2,1-4H3. The van der Waals surface area contributed by atoms with Crippen molar-refractivity contribution in [2.75, 3.05) is 54.0 Å². The van der Waals surface area contributed by atoms with Gasteiger partial charge in [0.1, 0.15) is 0 Å². The minimum Gasteiger partial charge on any atom is -0.383 e. The van der Waals surface area contributed by atoms with E-state index in [2.05, 4.69) is 36.1 Å². The number of nitrogens with zero attached hydrogens (tertiary/aromatic N) is 2. The Morgan fingerprint density at radius 1 is 1.53 bits per heavy atom. The van der Waals surface area contributed by atoms with E-state index in [0.29, 0.717) is 12.1 Å². The van der Waals surface area contributed by atoms with Crippen LogP contribution in [0.25, 0.3) is 0 Å². The predicted molar refractivity (Wildman–Crippen MR) is 72.5 cm³/mol. The molecule has 2 unspecified atom stereocenters. The Morgan fingerprint density at radius 3 is 2.88 bits per heavy atom. The van der Waals surface area contributed by atoms with Gasteiger partial charge in [0.25, 0.3) is 0 Å². The molecule has 0 radical (unpaired) electrons. The van der Waals surface area contributed by atoms with E-state index < -0.39 is 0 Å². The molecule has 4 nitrogen and oxygen atoms in total. The summed E-state index contributed by atoms with van der Waals surface area (Å²) in [4.78, 5) is 4.92. The first-order valence-electron chi connectivity index (χ1n) is 6.78. The Bertz CT molecular complexity index is 195. The van der Waals surface area contributed by atoms with E-state index in [1.165, 1.54) is 25.9 Å². The third-order valence-corrected chi connectivity index (χ3v) is 3.59. The molecule has 0 spiro atoms. The third-order valence-electron chi connectivity index (χ3n) is 3.59. The maximum atomic E-state index is 5.27. The SMILES string of the molecule is CCNC(COC)CN(C)C1CCCN(C)C1. The monoisotopic (exact) mass is 243 g/mol. The fourth-order valence-electron chi connectivity index (χ4n) is 2.66. The molecule has 0 aromatic heterocycles. The van der Waals surface area contributed by atoms with Gasteiger partial charge in [0.05, 0.1) is 6.61 Å². The van der Waals surface area contributed by atoms with Gasteiger partial charge in [-0.3, -0.25) is 0 Å². The number of likely N-dealkylation sites (tertiary alicyclic amines) is 1. The van der Waals surface area contributed by atoms with Crippen LogP contribution in [0.3, 0.4) is 0 Å². The van der Waals surface area contributed by atoms with E-state index in [1.807, 2.05) is 0 Å². The second-order valence-corrected chi connectivity index (χ2v) is 5.21. The smallest absolute Gasteiger partial charge is 0.0628 e. The lowest BCUT2D eigenvalue weighted by atomic mass is 10.0. The number of rotatable bonds is 7. The number of hydrogen-bond donors (Lipinski definition) is 1. The molecule has 0 aromatic rings. The number of likely N-dealkylation sites (N-methyl/N-ethyl adjacent to an activating group) is 3. The average Bonchev–Trinajstić information content (AvgIpc) is 2.29. The Balaban J connectivity index is 2.36. The lowest BCUT2D eigenvalue weighted by molar-refractivity contribution is 0.100. The van der Waals surface area contributed by atoms with Crippen LogP contribution in [0.4, 0.5) is 0 Å². The van der Waals surface area contributed by atoms with Crippen LogP contribution < -0.4 is 5.32 Å². The summed E-state index contributed by atoms with van der Waals surface area (Å²) in [7, 11) is 6.24. The van der Waals surface area contributed by atoms with Gasteiger partial charge in [-0.1, -0.05) is 6.92 Å². The number of nitrogens with one attached hydrogen (secondary N) is 1. The highest BCUT2D eigenvalue weighted by Crippen LogP contribution is 2.13. The van der Waals surface area contributed by atoms with Gasteiger partial charge in [0, 0.05) is 32.3 Å². The zero-order valence-corrected chi connectivity index (χ0v) is 11.9. The number of hydrogen-bond acceptors (Lipinski definition) is 4. The van der Waals surface area contributed by atoms with Gasteiger partial charge in [0.2, 0.25) is 0 Å².